The van der Waals surface area contributed by atoms with Crippen LogP contribution in [-0.4, -0.2) is 38.2 Å². The first-order valence-electron chi connectivity index (χ1n) is 7.90. The van der Waals surface area contributed by atoms with Crippen molar-refractivity contribution in [2.24, 2.45) is 0 Å². The summed E-state index contributed by atoms with van der Waals surface area (Å²) >= 11 is 7.61. The zero-order chi connectivity index (χ0) is 16.7. The summed E-state index contributed by atoms with van der Waals surface area (Å²) in [7, 11) is 0. The SMILES string of the molecule is Cc1nc(-n2nc(C)c(Cl)c2C)sc1C(=O)N1CCCC[C@@H]1C. The summed E-state index contributed by atoms with van der Waals surface area (Å²) in [5, 5.41) is 5.77. The van der Waals surface area contributed by atoms with E-state index in [0.29, 0.717) is 21.1 Å². The number of piperidine rings is 1. The van der Waals surface area contributed by atoms with Crippen molar-refractivity contribution in [1.29, 1.82) is 0 Å². The van der Waals surface area contributed by atoms with Crippen LogP contribution in [0.25, 0.3) is 5.13 Å². The van der Waals surface area contributed by atoms with Crippen LogP contribution >= 0.6 is 22.9 Å². The first-order valence-corrected chi connectivity index (χ1v) is 9.10. The highest BCUT2D eigenvalue weighted by Gasteiger charge is 2.28. The van der Waals surface area contributed by atoms with Gasteiger partial charge in [0.05, 0.1) is 22.1 Å². The first-order chi connectivity index (χ1) is 10.9. The lowest BCUT2D eigenvalue weighted by Crippen LogP contribution is -2.41. The fraction of sp³-hybridized carbons (Fsp3) is 0.562. The van der Waals surface area contributed by atoms with E-state index in [0.717, 1.165) is 36.5 Å². The molecule has 0 radical (unpaired) electrons. The number of amides is 1. The van der Waals surface area contributed by atoms with Crippen molar-refractivity contribution in [1.82, 2.24) is 19.7 Å². The predicted molar refractivity (Wildman–Crippen MR) is 92.8 cm³/mol. The summed E-state index contributed by atoms with van der Waals surface area (Å²) in [5.74, 6) is 0.0890. The molecule has 1 amide bonds. The van der Waals surface area contributed by atoms with Crippen molar-refractivity contribution in [3.63, 3.8) is 0 Å². The molecule has 1 atom stereocenters. The maximum Gasteiger partial charge on any atom is 0.266 e. The normalized spacial score (nSPS) is 18.5. The molecular weight excluding hydrogens is 332 g/mol. The van der Waals surface area contributed by atoms with E-state index >= 15 is 0 Å². The van der Waals surface area contributed by atoms with Crippen LogP contribution in [0.2, 0.25) is 5.02 Å². The van der Waals surface area contributed by atoms with Crippen LogP contribution in [-0.2, 0) is 0 Å². The van der Waals surface area contributed by atoms with Crippen LogP contribution in [0.5, 0.6) is 0 Å². The number of rotatable bonds is 2. The molecule has 3 rings (SSSR count). The number of nitrogens with zero attached hydrogens (tertiary/aromatic N) is 4. The van der Waals surface area contributed by atoms with E-state index in [2.05, 4.69) is 17.0 Å². The van der Waals surface area contributed by atoms with Gasteiger partial charge in [-0.2, -0.15) is 5.10 Å². The molecule has 2 aromatic heterocycles. The standard InChI is InChI=1S/C16H21ClN4OS/c1-9-7-5-6-8-20(9)15(22)14-11(3)18-16(23-14)21-12(4)13(17)10(2)19-21/h9H,5-8H2,1-4H3/t9-/m0/s1. The summed E-state index contributed by atoms with van der Waals surface area (Å²) in [6.45, 7) is 8.61. The number of carbonyl (C=O) groups excluding carboxylic acids is 1. The molecular formula is C16H21ClN4OS. The zero-order valence-electron chi connectivity index (χ0n) is 13.9. The van der Waals surface area contributed by atoms with E-state index in [1.807, 2.05) is 25.7 Å². The van der Waals surface area contributed by atoms with Crippen molar-refractivity contribution in [2.45, 2.75) is 53.0 Å². The van der Waals surface area contributed by atoms with Gasteiger partial charge < -0.3 is 4.90 Å². The minimum atomic E-state index is 0.0890. The molecule has 0 spiro atoms. The highest BCUT2D eigenvalue weighted by Crippen LogP contribution is 2.29. The van der Waals surface area contributed by atoms with Crippen LogP contribution in [0.3, 0.4) is 0 Å². The van der Waals surface area contributed by atoms with Crippen molar-refractivity contribution in [3.05, 3.63) is 27.0 Å². The average Bonchev–Trinajstić information content (AvgIpc) is 3.02. The van der Waals surface area contributed by atoms with Gasteiger partial charge in [-0.1, -0.05) is 22.9 Å². The van der Waals surface area contributed by atoms with Crippen LogP contribution in [0.4, 0.5) is 0 Å². The third-order valence-electron chi connectivity index (χ3n) is 4.43. The van der Waals surface area contributed by atoms with E-state index in [4.69, 9.17) is 11.6 Å². The van der Waals surface area contributed by atoms with Gasteiger partial charge in [0.25, 0.3) is 5.91 Å². The Morgan fingerprint density at radius 2 is 2.00 bits per heavy atom. The molecule has 1 saturated heterocycles. The second-order valence-electron chi connectivity index (χ2n) is 6.15. The van der Waals surface area contributed by atoms with Gasteiger partial charge in [-0.05, 0) is 47.0 Å². The maximum atomic E-state index is 12.9. The molecule has 7 heteroatoms. The quantitative estimate of drug-likeness (QED) is 0.823. The molecule has 2 aromatic rings. The second-order valence-corrected chi connectivity index (χ2v) is 7.51. The molecule has 124 valence electrons. The average molecular weight is 353 g/mol. The number of likely N-dealkylation sites (tertiary alicyclic amines) is 1. The molecule has 0 unspecified atom stereocenters. The van der Waals surface area contributed by atoms with Crippen LogP contribution in [0.15, 0.2) is 0 Å². The minimum absolute atomic E-state index is 0.0890. The Bertz CT molecular complexity index is 752. The topological polar surface area (TPSA) is 51.0 Å². The predicted octanol–water partition coefficient (Wildman–Crippen LogP) is 3.92. The zero-order valence-corrected chi connectivity index (χ0v) is 15.5. The molecule has 5 nitrogen and oxygen atoms in total. The van der Waals surface area contributed by atoms with Gasteiger partial charge >= 0.3 is 0 Å². The second kappa shape index (κ2) is 6.24. The summed E-state index contributed by atoms with van der Waals surface area (Å²) in [6.07, 6.45) is 3.35. The molecule has 23 heavy (non-hydrogen) atoms. The highest BCUT2D eigenvalue weighted by atomic mass is 35.5. The Kier molecular flexibility index (Phi) is 4.47. The fourth-order valence-corrected chi connectivity index (χ4v) is 4.16. The van der Waals surface area contributed by atoms with Crippen LogP contribution in [0, 0.1) is 20.8 Å². The van der Waals surface area contributed by atoms with Crippen molar-refractivity contribution in [2.75, 3.05) is 6.54 Å². The van der Waals surface area contributed by atoms with Gasteiger partial charge in [0.15, 0.2) is 0 Å². The summed E-state index contributed by atoms with van der Waals surface area (Å²) in [5.41, 5.74) is 2.38. The van der Waals surface area contributed by atoms with Gasteiger partial charge in [-0.3, -0.25) is 4.79 Å². The third-order valence-corrected chi connectivity index (χ3v) is 6.10. The van der Waals surface area contributed by atoms with Gasteiger partial charge in [0, 0.05) is 12.6 Å². The lowest BCUT2D eigenvalue weighted by atomic mass is 10.0. The van der Waals surface area contributed by atoms with E-state index in [1.54, 1.807) is 4.68 Å². The van der Waals surface area contributed by atoms with E-state index in [9.17, 15) is 4.79 Å². The summed E-state index contributed by atoms with van der Waals surface area (Å²) < 4.78 is 1.73. The van der Waals surface area contributed by atoms with Crippen molar-refractivity contribution < 1.29 is 4.79 Å². The highest BCUT2D eigenvalue weighted by molar-refractivity contribution is 7.16. The Labute approximate surface area is 145 Å². The molecule has 1 fully saturated rings. The smallest absolute Gasteiger partial charge is 0.266 e. The molecule has 0 saturated carbocycles. The van der Waals surface area contributed by atoms with Crippen molar-refractivity contribution in [3.8, 4) is 5.13 Å². The Morgan fingerprint density at radius 1 is 1.26 bits per heavy atom. The molecule has 3 heterocycles. The monoisotopic (exact) mass is 352 g/mol. The fourth-order valence-electron chi connectivity index (χ4n) is 3.01. The minimum Gasteiger partial charge on any atom is -0.335 e. The van der Waals surface area contributed by atoms with Gasteiger partial charge in [-0.15, -0.1) is 0 Å². The molecule has 1 aliphatic heterocycles. The number of hydrogen-bond donors (Lipinski definition) is 0. The lowest BCUT2D eigenvalue weighted by molar-refractivity contribution is 0.0639. The van der Waals surface area contributed by atoms with Crippen molar-refractivity contribution >= 4 is 28.8 Å². The molecule has 0 aliphatic carbocycles. The Morgan fingerprint density at radius 3 is 2.61 bits per heavy atom. The summed E-state index contributed by atoms with van der Waals surface area (Å²) in [4.78, 5) is 20.1. The van der Waals surface area contributed by atoms with E-state index in [1.165, 1.54) is 17.8 Å². The number of aryl methyl sites for hydroxylation is 2. The largest absolute Gasteiger partial charge is 0.335 e. The lowest BCUT2D eigenvalue weighted by Gasteiger charge is -2.33. The van der Waals surface area contributed by atoms with Gasteiger partial charge in [-0.25, -0.2) is 9.67 Å². The van der Waals surface area contributed by atoms with Crippen LogP contribution in [0.1, 0.15) is 52.9 Å². The van der Waals surface area contributed by atoms with Gasteiger partial charge in [0.2, 0.25) is 5.13 Å². The number of aromatic nitrogens is 3. The number of hydrogen-bond acceptors (Lipinski definition) is 4. The Hall–Kier alpha value is -1.40. The first kappa shape index (κ1) is 16.5. The third kappa shape index (κ3) is 2.90. The number of carbonyl (C=O) groups is 1. The molecule has 1 aliphatic rings. The van der Waals surface area contributed by atoms with Crippen LogP contribution < -0.4 is 0 Å². The number of halogens is 1. The molecule has 0 bridgehead atoms. The molecule has 0 N–H and O–H groups in total. The van der Waals surface area contributed by atoms with E-state index in [-0.39, 0.29) is 5.91 Å². The summed E-state index contributed by atoms with van der Waals surface area (Å²) in [6, 6.07) is 0.296. The van der Waals surface area contributed by atoms with E-state index < -0.39 is 0 Å². The number of thiazole rings is 1. The van der Waals surface area contributed by atoms with Gasteiger partial charge in [0.1, 0.15) is 4.88 Å². The maximum absolute atomic E-state index is 12.9. The molecule has 0 aromatic carbocycles. The Balaban J connectivity index is 1.94.